The van der Waals surface area contributed by atoms with Gasteiger partial charge in [-0.1, -0.05) is 51.5 Å². The van der Waals surface area contributed by atoms with Crippen molar-refractivity contribution in [3.8, 4) is 0 Å². The maximum atomic E-state index is 14.1. The van der Waals surface area contributed by atoms with Crippen LogP contribution in [0.2, 0.25) is 0 Å². The number of hydrogen-bond acceptors (Lipinski definition) is 2. The molecule has 2 aromatic rings. The molecular formula is C29H37F2NO2. The van der Waals surface area contributed by atoms with Crippen molar-refractivity contribution < 1.29 is 18.3 Å². The van der Waals surface area contributed by atoms with E-state index < -0.39 is 0 Å². The molecule has 1 heterocycles. The second-order valence-corrected chi connectivity index (χ2v) is 10.7. The number of carbonyl (C=O) groups is 1. The molecule has 0 radical (unpaired) electrons. The van der Waals surface area contributed by atoms with Gasteiger partial charge in [0.2, 0.25) is 0 Å². The Kier molecular flexibility index (Phi) is 7.90. The number of amides is 1. The van der Waals surface area contributed by atoms with E-state index >= 15 is 0 Å². The molecule has 2 aromatic carbocycles. The summed E-state index contributed by atoms with van der Waals surface area (Å²) < 4.78 is 34.4. The quantitative estimate of drug-likeness (QED) is 0.456. The van der Waals surface area contributed by atoms with Gasteiger partial charge in [0.15, 0.2) is 0 Å². The first-order chi connectivity index (χ1) is 16.3. The normalized spacial score (nSPS) is 25.6. The molecule has 5 heteroatoms. The highest BCUT2D eigenvalue weighted by Gasteiger charge is 2.37. The summed E-state index contributed by atoms with van der Waals surface area (Å²) in [6, 6.07) is 13.1. The van der Waals surface area contributed by atoms with Gasteiger partial charge in [0.1, 0.15) is 17.7 Å². The molecule has 1 saturated heterocycles. The molecule has 4 atom stereocenters. The molecule has 34 heavy (non-hydrogen) atoms. The SMILES string of the molecule is CC(C)[C@@H]1CC[C@@H](C)CC1OC(=O)N1CCC[C@H](C(c2cccc(F)c2)c2cccc(F)c2)C1. The Labute approximate surface area is 202 Å². The maximum Gasteiger partial charge on any atom is 0.410 e. The molecule has 2 aliphatic rings. The average Bonchev–Trinajstić information content (AvgIpc) is 2.79. The lowest BCUT2D eigenvalue weighted by Gasteiger charge is -2.40. The lowest BCUT2D eigenvalue weighted by molar-refractivity contribution is -0.0153. The van der Waals surface area contributed by atoms with Crippen LogP contribution in [0.5, 0.6) is 0 Å². The molecule has 0 spiro atoms. The molecule has 0 bridgehead atoms. The fourth-order valence-corrected chi connectivity index (χ4v) is 6.04. The molecule has 1 unspecified atom stereocenters. The van der Waals surface area contributed by atoms with Gasteiger partial charge in [-0.15, -0.1) is 0 Å². The summed E-state index contributed by atoms with van der Waals surface area (Å²) in [5.41, 5.74) is 1.62. The van der Waals surface area contributed by atoms with E-state index in [9.17, 15) is 13.6 Å². The van der Waals surface area contributed by atoms with Crippen LogP contribution in [0, 0.1) is 35.3 Å². The van der Waals surface area contributed by atoms with Gasteiger partial charge in [-0.05, 0) is 84.7 Å². The predicted octanol–water partition coefficient (Wildman–Crippen LogP) is 7.41. The van der Waals surface area contributed by atoms with Gasteiger partial charge in [0.25, 0.3) is 0 Å². The van der Waals surface area contributed by atoms with Crippen LogP contribution in [-0.2, 0) is 4.74 Å². The average molecular weight is 470 g/mol. The third-order valence-corrected chi connectivity index (χ3v) is 7.82. The van der Waals surface area contributed by atoms with E-state index in [1.165, 1.54) is 30.7 Å². The first kappa shape index (κ1) is 24.7. The number of nitrogens with zero attached hydrogens (tertiary/aromatic N) is 1. The largest absolute Gasteiger partial charge is 0.446 e. The summed E-state index contributed by atoms with van der Waals surface area (Å²) >= 11 is 0. The van der Waals surface area contributed by atoms with E-state index in [-0.39, 0.29) is 35.7 Å². The summed E-state index contributed by atoms with van der Waals surface area (Å²) in [5.74, 6) is 0.676. The molecule has 1 aliphatic carbocycles. The van der Waals surface area contributed by atoms with Gasteiger partial charge >= 0.3 is 6.09 Å². The van der Waals surface area contributed by atoms with E-state index in [2.05, 4.69) is 20.8 Å². The Morgan fingerprint density at radius 1 is 1.00 bits per heavy atom. The molecule has 2 fully saturated rings. The van der Waals surface area contributed by atoms with Crippen LogP contribution in [0.4, 0.5) is 13.6 Å². The zero-order valence-electron chi connectivity index (χ0n) is 20.6. The zero-order chi connectivity index (χ0) is 24.2. The van der Waals surface area contributed by atoms with Crippen molar-refractivity contribution >= 4 is 6.09 Å². The highest BCUT2D eigenvalue weighted by atomic mass is 19.1. The second-order valence-electron chi connectivity index (χ2n) is 10.7. The minimum atomic E-state index is -0.308. The maximum absolute atomic E-state index is 14.1. The molecule has 1 saturated carbocycles. The topological polar surface area (TPSA) is 29.5 Å². The van der Waals surface area contributed by atoms with Crippen molar-refractivity contribution in [1.29, 1.82) is 0 Å². The third kappa shape index (κ3) is 5.79. The number of hydrogen-bond donors (Lipinski definition) is 0. The summed E-state index contributed by atoms with van der Waals surface area (Å²) in [5, 5.41) is 0. The Hall–Kier alpha value is -2.43. The van der Waals surface area contributed by atoms with E-state index in [0.29, 0.717) is 30.8 Å². The van der Waals surface area contributed by atoms with Crippen molar-refractivity contribution in [2.24, 2.45) is 23.7 Å². The van der Waals surface area contributed by atoms with Crippen LogP contribution >= 0.6 is 0 Å². The number of carbonyl (C=O) groups excluding carboxylic acids is 1. The van der Waals surface area contributed by atoms with Crippen LogP contribution in [0.15, 0.2) is 48.5 Å². The number of halogens is 2. The molecule has 1 amide bonds. The van der Waals surface area contributed by atoms with Crippen LogP contribution in [0.1, 0.15) is 69.9 Å². The lowest BCUT2D eigenvalue weighted by Crippen LogP contribution is -2.45. The van der Waals surface area contributed by atoms with E-state index in [1.54, 1.807) is 12.1 Å². The van der Waals surface area contributed by atoms with Gasteiger partial charge in [0.05, 0.1) is 0 Å². The second kappa shape index (κ2) is 10.9. The van der Waals surface area contributed by atoms with Gasteiger partial charge < -0.3 is 9.64 Å². The van der Waals surface area contributed by atoms with Gasteiger partial charge in [0, 0.05) is 19.0 Å². The predicted molar refractivity (Wildman–Crippen MR) is 131 cm³/mol. The molecule has 0 N–H and O–H groups in total. The molecule has 3 nitrogen and oxygen atoms in total. The van der Waals surface area contributed by atoms with Crippen LogP contribution < -0.4 is 0 Å². The minimum Gasteiger partial charge on any atom is -0.446 e. The van der Waals surface area contributed by atoms with Crippen molar-refractivity contribution in [3.63, 3.8) is 0 Å². The Morgan fingerprint density at radius 3 is 2.24 bits per heavy atom. The molecular weight excluding hydrogens is 432 g/mol. The molecule has 4 rings (SSSR count). The number of likely N-dealkylation sites (tertiary alicyclic amines) is 1. The first-order valence-corrected chi connectivity index (χ1v) is 12.8. The van der Waals surface area contributed by atoms with Crippen molar-refractivity contribution in [2.75, 3.05) is 13.1 Å². The highest BCUT2D eigenvalue weighted by Crippen LogP contribution is 2.39. The Balaban J connectivity index is 1.54. The summed E-state index contributed by atoms with van der Waals surface area (Å²) in [4.78, 5) is 15.1. The van der Waals surface area contributed by atoms with E-state index in [4.69, 9.17) is 4.74 Å². The number of ether oxygens (including phenoxy) is 1. The van der Waals surface area contributed by atoms with Gasteiger partial charge in [-0.3, -0.25) is 0 Å². The Morgan fingerprint density at radius 2 is 1.65 bits per heavy atom. The molecule has 184 valence electrons. The zero-order valence-corrected chi connectivity index (χ0v) is 20.6. The van der Waals surface area contributed by atoms with Gasteiger partial charge in [-0.2, -0.15) is 0 Å². The summed E-state index contributed by atoms with van der Waals surface area (Å²) in [7, 11) is 0. The van der Waals surface area contributed by atoms with Crippen molar-refractivity contribution in [3.05, 3.63) is 71.3 Å². The summed E-state index contributed by atoms with van der Waals surface area (Å²) in [6.45, 7) is 7.83. The number of piperidine rings is 1. The number of rotatable bonds is 5. The summed E-state index contributed by atoms with van der Waals surface area (Å²) in [6.07, 6.45) is 4.64. The van der Waals surface area contributed by atoms with Crippen LogP contribution in [-0.4, -0.2) is 30.2 Å². The van der Waals surface area contributed by atoms with Crippen LogP contribution in [0.3, 0.4) is 0 Å². The van der Waals surface area contributed by atoms with Crippen molar-refractivity contribution in [2.45, 2.75) is 64.9 Å². The monoisotopic (exact) mass is 469 g/mol. The standard InChI is InChI=1S/C29H37F2NO2/c1-19(2)26-13-12-20(3)15-27(26)34-29(33)32-14-6-9-23(18-32)28(21-7-4-10-24(30)16-21)22-8-5-11-25(31)17-22/h4-5,7-8,10-11,16-17,19-20,23,26-28H,6,9,12-15,18H2,1-3H3/t20-,23+,26+,27?/m1/s1. The Bertz CT molecular complexity index is 933. The molecule has 0 aromatic heterocycles. The third-order valence-electron chi connectivity index (χ3n) is 7.82. The minimum absolute atomic E-state index is 0.0427. The van der Waals surface area contributed by atoms with Crippen molar-refractivity contribution in [1.82, 2.24) is 4.90 Å². The fraction of sp³-hybridized carbons (Fsp3) is 0.552. The first-order valence-electron chi connectivity index (χ1n) is 12.8. The fourth-order valence-electron chi connectivity index (χ4n) is 6.04. The van der Waals surface area contributed by atoms with Gasteiger partial charge in [-0.25, -0.2) is 13.6 Å². The highest BCUT2D eigenvalue weighted by molar-refractivity contribution is 5.68. The van der Waals surface area contributed by atoms with E-state index in [1.807, 2.05) is 17.0 Å². The van der Waals surface area contributed by atoms with E-state index in [0.717, 1.165) is 36.8 Å². The number of benzene rings is 2. The van der Waals surface area contributed by atoms with Crippen LogP contribution in [0.25, 0.3) is 0 Å². The molecule has 1 aliphatic heterocycles. The lowest BCUT2D eigenvalue weighted by atomic mass is 9.75. The smallest absolute Gasteiger partial charge is 0.410 e.